The van der Waals surface area contributed by atoms with Gasteiger partial charge in [0, 0.05) is 6.54 Å². The van der Waals surface area contributed by atoms with Crippen LogP contribution in [0, 0.1) is 0 Å². The zero-order valence-electron chi connectivity index (χ0n) is 8.77. The average Bonchev–Trinajstić information content (AvgIpc) is 2.29. The van der Waals surface area contributed by atoms with Crippen molar-refractivity contribution in [1.82, 2.24) is 5.32 Å². The van der Waals surface area contributed by atoms with Gasteiger partial charge in [-0.3, -0.25) is 4.79 Å². The van der Waals surface area contributed by atoms with Crippen molar-refractivity contribution < 1.29 is 14.7 Å². The molecule has 1 aromatic rings. The minimum Gasteiger partial charge on any atom is -0.478 e. The minimum absolute atomic E-state index is 0.00717. The molecule has 1 amide bonds. The van der Waals surface area contributed by atoms with Crippen molar-refractivity contribution in [2.24, 2.45) is 5.73 Å². The third-order valence-electron chi connectivity index (χ3n) is 2.07. The van der Waals surface area contributed by atoms with Gasteiger partial charge in [-0.05, 0) is 25.1 Å². The number of aromatic carboxylic acids is 1. The molecule has 0 radical (unpaired) electrons. The maximum atomic E-state index is 11.6. The Hall–Kier alpha value is -1.88. The van der Waals surface area contributed by atoms with Gasteiger partial charge in [-0.2, -0.15) is 0 Å². The van der Waals surface area contributed by atoms with E-state index in [9.17, 15) is 9.59 Å². The molecule has 5 nitrogen and oxygen atoms in total. The third-order valence-corrected chi connectivity index (χ3v) is 2.07. The minimum atomic E-state index is -1.11. The van der Waals surface area contributed by atoms with Gasteiger partial charge in [0.05, 0.1) is 11.1 Å². The predicted octanol–water partition coefficient (Wildman–Crippen LogP) is 0.463. The molecule has 0 atom stereocenters. The first-order chi connectivity index (χ1) is 7.66. The smallest absolute Gasteiger partial charge is 0.336 e. The van der Waals surface area contributed by atoms with E-state index in [2.05, 4.69) is 5.32 Å². The molecule has 0 aliphatic rings. The normalized spacial score (nSPS) is 9.81. The third kappa shape index (κ3) is 3.06. The van der Waals surface area contributed by atoms with Gasteiger partial charge < -0.3 is 16.2 Å². The summed E-state index contributed by atoms with van der Waals surface area (Å²) in [6.07, 6.45) is 0.668. The summed E-state index contributed by atoms with van der Waals surface area (Å²) in [4.78, 5) is 22.5. The van der Waals surface area contributed by atoms with Crippen molar-refractivity contribution in [3.8, 4) is 0 Å². The molecule has 1 aromatic carbocycles. The molecule has 0 aromatic heterocycles. The molecule has 0 aliphatic carbocycles. The Kier molecular flexibility index (Phi) is 4.47. The van der Waals surface area contributed by atoms with E-state index in [0.717, 1.165) is 0 Å². The molecule has 0 saturated heterocycles. The van der Waals surface area contributed by atoms with Crippen molar-refractivity contribution in [3.63, 3.8) is 0 Å². The molecular weight excluding hydrogens is 208 g/mol. The van der Waals surface area contributed by atoms with Crippen LogP contribution in [0.5, 0.6) is 0 Å². The Morgan fingerprint density at radius 2 is 1.88 bits per heavy atom. The fourth-order valence-corrected chi connectivity index (χ4v) is 1.27. The fraction of sp³-hybridized carbons (Fsp3) is 0.273. The van der Waals surface area contributed by atoms with Crippen LogP contribution >= 0.6 is 0 Å². The summed E-state index contributed by atoms with van der Waals surface area (Å²) in [5, 5.41) is 11.5. The zero-order valence-corrected chi connectivity index (χ0v) is 8.77. The van der Waals surface area contributed by atoms with Crippen molar-refractivity contribution in [3.05, 3.63) is 35.4 Å². The van der Waals surface area contributed by atoms with Crippen LogP contribution in [0.25, 0.3) is 0 Å². The second kappa shape index (κ2) is 5.87. The first-order valence-electron chi connectivity index (χ1n) is 4.97. The van der Waals surface area contributed by atoms with Gasteiger partial charge in [0.2, 0.25) is 0 Å². The monoisotopic (exact) mass is 222 g/mol. The second-order valence-electron chi connectivity index (χ2n) is 3.25. The van der Waals surface area contributed by atoms with Gasteiger partial charge in [0.1, 0.15) is 0 Å². The number of rotatable bonds is 5. The lowest BCUT2D eigenvalue weighted by atomic mass is 10.1. The van der Waals surface area contributed by atoms with E-state index < -0.39 is 5.97 Å². The lowest BCUT2D eigenvalue weighted by Gasteiger charge is -2.06. The predicted molar refractivity (Wildman–Crippen MR) is 59.4 cm³/mol. The summed E-state index contributed by atoms with van der Waals surface area (Å²) in [6.45, 7) is 0.935. The number of carbonyl (C=O) groups excluding carboxylic acids is 1. The number of nitrogens with two attached hydrogens (primary N) is 1. The van der Waals surface area contributed by atoms with Crippen LogP contribution in [-0.2, 0) is 0 Å². The van der Waals surface area contributed by atoms with Gasteiger partial charge in [0.15, 0.2) is 0 Å². The zero-order chi connectivity index (χ0) is 12.0. The van der Waals surface area contributed by atoms with Crippen molar-refractivity contribution >= 4 is 11.9 Å². The van der Waals surface area contributed by atoms with Gasteiger partial charge >= 0.3 is 5.97 Å². The molecule has 0 fully saturated rings. The Morgan fingerprint density at radius 1 is 1.25 bits per heavy atom. The van der Waals surface area contributed by atoms with Gasteiger partial charge in [-0.15, -0.1) is 0 Å². The molecule has 0 spiro atoms. The average molecular weight is 222 g/mol. The molecule has 0 heterocycles. The standard InChI is InChI=1S/C11H14N2O3/c12-6-3-7-13-10(14)8-4-1-2-5-9(8)11(15)16/h1-2,4-5H,3,6-7,12H2,(H,13,14)(H,15,16). The maximum Gasteiger partial charge on any atom is 0.336 e. The van der Waals surface area contributed by atoms with E-state index in [-0.39, 0.29) is 17.0 Å². The van der Waals surface area contributed by atoms with Crippen LogP contribution in [0.15, 0.2) is 24.3 Å². The molecule has 4 N–H and O–H groups in total. The largest absolute Gasteiger partial charge is 0.478 e. The molecule has 1 rings (SSSR count). The summed E-state index contributed by atoms with van der Waals surface area (Å²) in [6, 6.07) is 6.10. The number of amides is 1. The van der Waals surface area contributed by atoms with Crippen LogP contribution in [0.1, 0.15) is 27.1 Å². The number of carboxylic acid groups (broad SMARTS) is 1. The number of benzene rings is 1. The molecule has 0 saturated carbocycles. The summed E-state index contributed by atoms with van der Waals surface area (Å²) in [7, 11) is 0. The van der Waals surface area contributed by atoms with Crippen LogP contribution in [0.3, 0.4) is 0 Å². The number of carboxylic acids is 1. The van der Waals surface area contributed by atoms with Crippen molar-refractivity contribution in [2.45, 2.75) is 6.42 Å². The summed E-state index contributed by atoms with van der Waals surface area (Å²) >= 11 is 0. The molecule has 5 heteroatoms. The number of nitrogens with one attached hydrogen (secondary N) is 1. The van der Waals surface area contributed by atoms with E-state index in [0.29, 0.717) is 19.5 Å². The lowest BCUT2D eigenvalue weighted by Crippen LogP contribution is -2.27. The van der Waals surface area contributed by atoms with Crippen LogP contribution in [-0.4, -0.2) is 30.1 Å². The number of hydrogen-bond donors (Lipinski definition) is 3. The SMILES string of the molecule is NCCCNC(=O)c1ccccc1C(=O)O. The van der Waals surface area contributed by atoms with Crippen molar-refractivity contribution in [1.29, 1.82) is 0 Å². The number of hydrogen-bond acceptors (Lipinski definition) is 3. The fourth-order valence-electron chi connectivity index (χ4n) is 1.27. The molecule has 0 unspecified atom stereocenters. The van der Waals surface area contributed by atoms with E-state index >= 15 is 0 Å². The summed E-state index contributed by atoms with van der Waals surface area (Å²) in [5.41, 5.74) is 5.47. The van der Waals surface area contributed by atoms with E-state index in [4.69, 9.17) is 10.8 Å². The van der Waals surface area contributed by atoms with Gasteiger partial charge in [-0.1, -0.05) is 12.1 Å². The Morgan fingerprint density at radius 3 is 2.44 bits per heavy atom. The highest BCUT2D eigenvalue weighted by molar-refractivity contribution is 6.04. The molecule has 0 bridgehead atoms. The first-order valence-corrected chi connectivity index (χ1v) is 4.97. The Balaban J connectivity index is 2.78. The Labute approximate surface area is 93.3 Å². The quantitative estimate of drug-likeness (QED) is 0.631. The topological polar surface area (TPSA) is 92.4 Å². The summed E-state index contributed by atoms with van der Waals surface area (Å²) < 4.78 is 0. The van der Waals surface area contributed by atoms with Crippen LogP contribution in [0.4, 0.5) is 0 Å². The summed E-state index contributed by atoms with van der Waals surface area (Å²) in [5.74, 6) is -1.49. The van der Waals surface area contributed by atoms with E-state index in [1.165, 1.54) is 12.1 Å². The Bertz CT molecular complexity index is 391. The number of carbonyl (C=O) groups is 2. The molecule has 16 heavy (non-hydrogen) atoms. The highest BCUT2D eigenvalue weighted by atomic mass is 16.4. The van der Waals surface area contributed by atoms with E-state index in [1.807, 2.05) is 0 Å². The van der Waals surface area contributed by atoms with Crippen LogP contribution in [0.2, 0.25) is 0 Å². The van der Waals surface area contributed by atoms with Gasteiger partial charge in [0.25, 0.3) is 5.91 Å². The highest BCUT2D eigenvalue weighted by Crippen LogP contribution is 2.08. The molecular formula is C11H14N2O3. The van der Waals surface area contributed by atoms with Crippen LogP contribution < -0.4 is 11.1 Å². The van der Waals surface area contributed by atoms with Gasteiger partial charge in [-0.25, -0.2) is 4.79 Å². The maximum absolute atomic E-state index is 11.6. The first kappa shape index (κ1) is 12.2. The highest BCUT2D eigenvalue weighted by Gasteiger charge is 2.14. The molecule has 86 valence electrons. The van der Waals surface area contributed by atoms with E-state index in [1.54, 1.807) is 12.1 Å². The molecule has 0 aliphatic heterocycles. The lowest BCUT2D eigenvalue weighted by molar-refractivity contribution is 0.0691. The van der Waals surface area contributed by atoms with Crippen molar-refractivity contribution in [2.75, 3.05) is 13.1 Å². The second-order valence-corrected chi connectivity index (χ2v) is 3.25.